The number of halogens is 2. The van der Waals surface area contributed by atoms with Gasteiger partial charge in [-0.05, 0) is 31.2 Å². The van der Waals surface area contributed by atoms with Crippen LogP contribution in [0.4, 0.5) is 10.1 Å². The third kappa shape index (κ3) is 3.08. The molecule has 0 amide bonds. The molecule has 1 fully saturated rings. The zero-order chi connectivity index (χ0) is 13.1. The van der Waals surface area contributed by atoms with Gasteiger partial charge in [0, 0.05) is 6.07 Å². The summed E-state index contributed by atoms with van der Waals surface area (Å²) in [6, 6.07) is 2.69. The number of rotatable bonds is 3. The summed E-state index contributed by atoms with van der Waals surface area (Å²) in [5.74, 6) is 0.643. The molecule has 0 saturated heterocycles. The van der Waals surface area contributed by atoms with Crippen molar-refractivity contribution in [3.05, 3.63) is 23.0 Å². The minimum atomic E-state index is -0.483. The minimum Gasteiger partial charge on any atom is -0.488 e. The van der Waals surface area contributed by atoms with Gasteiger partial charge < -0.3 is 10.5 Å². The van der Waals surface area contributed by atoms with Crippen LogP contribution in [0, 0.1) is 11.7 Å². The van der Waals surface area contributed by atoms with E-state index in [2.05, 4.69) is 6.92 Å². The van der Waals surface area contributed by atoms with Crippen LogP contribution in [0.5, 0.6) is 5.75 Å². The number of hydrogen-bond donors (Lipinski definition) is 1. The molecule has 4 heteroatoms. The van der Waals surface area contributed by atoms with Crippen LogP contribution >= 0.6 is 11.6 Å². The Morgan fingerprint density at radius 3 is 2.94 bits per heavy atom. The highest BCUT2D eigenvalue weighted by atomic mass is 35.5. The van der Waals surface area contributed by atoms with Crippen molar-refractivity contribution in [2.75, 3.05) is 5.73 Å². The maximum atomic E-state index is 13.4. The summed E-state index contributed by atoms with van der Waals surface area (Å²) in [7, 11) is 0. The van der Waals surface area contributed by atoms with Crippen molar-refractivity contribution in [2.45, 2.75) is 45.1 Å². The third-order valence-corrected chi connectivity index (χ3v) is 3.95. The van der Waals surface area contributed by atoms with Crippen molar-refractivity contribution < 1.29 is 9.13 Å². The second-order valence-electron chi connectivity index (χ2n) is 4.98. The van der Waals surface area contributed by atoms with Gasteiger partial charge in [-0.2, -0.15) is 0 Å². The van der Waals surface area contributed by atoms with Gasteiger partial charge in [-0.1, -0.05) is 31.4 Å². The number of nitrogens with two attached hydrogens (primary N) is 1. The summed E-state index contributed by atoms with van der Waals surface area (Å²) in [4.78, 5) is 0. The Kier molecular flexibility index (Phi) is 4.33. The molecule has 0 spiro atoms. The first-order valence-corrected chi connectivity index (χ1v) is 6.89. The molecular weight excluding hydrogens is 253 g/mol. The molecule has 0 aliphatic heterocycles. The van der Waals surface area contributed by atoms with E-state index in [1.165, 1.54) is 31.4 Å². The molecule has 1 aliphatic rings. The Labute approximate surface area is 112 Å². The summed E-state index contributed by atoms with van der Waals surface area (Å²) in [5, 5.41) is 0.0370. The maximum Gasteiger partial charge on any atom is 0.145 e. The van der Waals surface area contributed by atoms with Crippen molar-refractivity contribution >= 4 is 17.3 Å². The lowest BCUT2D eigenvalue weighted by Gasteiger charge is -2.29. The van der Waals surface area contributed by atoms with E-state index in [9.17, 15) is 4.39 Å². The van der Waals surface area contributed by atoms with Gasteiger partial charge in [0.25, 0.3) is 0 Å². The van der Waals surface area contributed by atoms with Crippen molar-refractivity contribution in [1.29, 1.82) is 0 Å². The molecule has 2 atom stereocenters. The summed E-state index contributed by atoms with van der Waals surface area (Å²) >= 11 is 5.66. The standard InChI is InChI=1S/C14H19ClFNO/c1-2-9-4-3-5-10(6-9)18-14-8-12(16)11(15)7-13(14)17/h7-10H,2-6,17H2,1H3. The van der Waals surface area contributed by atoms with E-state index in [4.69, 9.17) is 22.1 Å². The largest absolute Gasteiger partial charge is 0.488 e. The molecule has 0 bridgehead atoms. The van der Waals surface area contributed by atoms with E-state index in [0.717, 1.165) is 12.8 Å². The molecule has 2 rings (SSSR count). The zero-order valence-corrected chi connectivity index (χ0v) is 11.3. The van der Waals surface area contributed by atoms with Gasteiger partial charge in [0.15, 0.2) is 0 Å². The first-order chi connectivity index (χ1) is 8.60. The van der Waals surface area contributed by atoms with E-state index in [1.807, 2.05) is 0 Å². The lowest BCUT2D eigenvalue weighted by Crippen LogP contribution is -2.25. The normalized spacial score (nSPS) is 23.9. The molecular formula is C14H19ClFNO. The molecule has 0 aromatic heterocycles. The molecule has 0 heterocycles. The summed E-state index contributed by atoms with van der Waals surface area (Å²) in [6.45, 7) is 2.20. The van der Waals surface area contributed by atoms with E-state index in [0.29, 0.717) is 17.4 Å². The number of ether oxygens (including phenoxy) is 1. The monoisotopic (exact) mass is 271 g/mol. The summed E-state index contributed by atoms with van der Waals surface area (Å²) in [5.41, 5.74) is 6.20. The quantitative estimate of drug-likeness (QED) is 0.827. The molecule has 18 heavy (non-hydrogen) atoms. The first-order valence-electron chi connectivity index (χ1n) is 6.51. The molecule has 0 radical (unpaired) electrons. The van der Waals surface area contributed by atoms with Crippen LogP contribution in [-0.4, -0.2) is 6.10 Å². The maximum absolute atomic E-state index is 13.4. The van der Waals surface area contributed by atoms with E-state index in [1.54, 1.807) is 0 Å². The van der Waals surface area contributed by atoms with Gasteiger partial charge in [0.1, 0.15) is 11.6 Å². The first kappa shape index (κ1) is 13.5. The molecule has 1 aromatic carbocycles. The molecule has 2 nitrogen and oxygen atoms in total. The van der Waals surface area contributed by atoms with Crippen LogP contribution in [-0.2, 0) is 0 Å². The molecule has 100 valence electrons. The highest BCUT2D eigenvalue weighted by Crippen LogP contribution is 2.33. The van der Waals surface area contributed by atoms with E-state index >= 15 is 0 Å². The van der Waals surface area contributed by atoms with Crippen LogP contribution in [0.25, 0.3) is 0 Å². The number of hydrogen-bond acceptors (Lipinski definition) is 2. The Morgan fingerprint density at radius 2 is 2.22 bits per heavy atom. The lowest BCUT2D eigenvalue weighted by atomic mass is 9.85. The van der Waals surface area contributed by atoms with E-state index in [-0.39, 0.29) is 11.1 Å². The fourth-order valence-electron chi connectivity index (χ4n) is 2.55. The average Bonchev–Trinajstić information content (AvgIpc) is 2.36. The van der Waals surface area contributed by atoms with Gasteiger partial charge in [-0.15, -0.1) is 0 Å². The number of anilines is 1. The molecule has 1 saturated carbocycles. The molecule has 2 N–H and O–H groups in total. The van der Waals surface area contributed by atoms with Crippen molar-refractivity contribution in [3.8, 4) is 5.75 Å². The highest BCUT2D eigenvalue weighted by Gasteiger charge is 2.23. The van der Waals surface area contributed by atoms with Crippen LogP contribution in [0.15, 0.2) is 12.1 Å². The predicted octanol–water partition coefficient (Wildman–Crippen LogP) is 4.41. The Balaban J connectivity index is 2.07. The molecule has 1 aliphatic carbocycles. The zero-order valence-electron chi connectivity index (χ0n) is 10.6. The van der Waals surface area contributed by atoms with Crippen LogP contribution in [0.2, 0.25) is 5.02 Å². The molecule has 2 unspecified atom stereocenters. The van der Waals surface area contributed by atoms with Crippen LogP contribution in [0.1, 0.15) is 39.0 Å². The van der Waals surface area contributed by atoms with Crippen LogP contribution in [0.3, 0.4) is 0 Å². The Bertz CT molecular complexity index is 425. The fourth-order valence-corrected chi connectivity index (χ4v) is 2.72. The second kappa shape index (κ2) is 5.79. The SMILES string of the molecule is CCC1CCCC(Oc2cc(F)c(Cl)cc2N)C1. The summed E-state index contributed by atoms with van der Waals surface area (Å²) < 4.78 is 19.2. The average molecular weight is 272 g/mol. The fraction of sp³-hybridized carbons (Fsp3) is 0.571. The number of nitrogen functional groups attached to an aromatic ring is 1. The van der Waals surface area contributed by atoms with E-state index < -0.39 is 5.82 Å². The Morgan fingerprint density at radius 1 is 1.44 bits per heavy atom. The highest BCUT2D eigenvalue weighted by molar-refractivity contribution is 6.31. The van der Waals surface area contributed by atoms with Crippen LogP contribution < -0.4 is 10.5 Å². The Hall–Kier alpha value is -0.960. The van der Waals surface area contributed by atoms with Gasteiger partial charge in [0.05, 0.1) is 16.8 Å². The molecule has 1 aromatic rings. The topological polar surface area (TPSA) is 35.2 Å². The predicted molar refractivity (Wildman–Crippen MR) is 72.5 cm³/mol. The minimum absolute atomic E-state index is 0.0370. The van der Waals surface area contributed by atoms with Gasteiger partial charge in [0.2, 0.25) is 0 Å². The lowest BCUT2D eigenvalue weighted by molar-refractivity contribution is 0.122. The smallest absolute Gasteiger partial charge is 0.145 e. The van der Waals surface area contributed by atoms with Gasteiger partial charge >= 0.3 is 0 Å². The van der Waals surface area contributed by atoms with Crippen molar-refractivity contribution in [2.24, 2.45) is 5.92 Å². The second-order valence-corrected chi connectivity index (χ2v) is 5.39. The van der Waals surface area contributed by atoms with Gasteiger partial charge in [-0.25, -0.2) is 4.39 Å². The van der Waals surface area contributed by atoms with Crippen molar-refractivity contribution in [3.63, 3.8) is 0 Å². The van der Waals surface area contributed by atoms with Crippen molar-refractivity contribution in [1.82, 2.24) is 0 Å². The number of benzene rings is 1. The third-order valence-electron chi connectivity index (χ3n) is 3.66. The van der Waals surface area contributed by atoms with Gasteiger partial charge in [-0.3, -0.25) is 0 Å². The summed E-state index contributed by atoms with van der Waals surface area (Å²) in [6.07, 6.45) is 5.79.